The van der Waals surface area contributed by atoms with Crippen molar-refractivity contribution in [2.75, 3.05) is 39.4 Å². The first-order chi connectivity index (χ1) is 13.6. The van der Waals surface area contributed by atoms with Crippen molar-refractivity contribution in [1.29, 1.82) is 0 Å². The van der Waals surface area contributed by atoms with Crippen LogP contribution in [-0.2, 0) is 11.3 Å². The molecule has 2 heterocycles. The average molecular weight is 403 g/mol. The minimum atomic E-state index is -0.405. The molecule has 0 bridgehead atoms. The van der Waals surface area contributed by atoms with Crippen molar-refractivity contribution in [1.82, 2.24) is 14.8 Å². The molecule has 1 amide bonds. The van der Waals surface area contributed by atoms with Crippen molar-refractivity contribution in [2.24, 2.45) is 5.73 Å². The standard InChI is InChI=1S/C21H30N4O2S/c1-3-19-14-24(9-10-25(19)11-12-27-4-2)13-18-15-28-21(23-18)17-7-5-16(6-8-17)20(22)26/h5-8,15,19H,3-4,9-14H2,1-2H3,(H2,22,26). The van der Waals surface area contributed by atoms with E-state index in [1.165, 1.54) is 0 Å². The molecule has 1 aromatic heterocycles. The molecule has 1 aliphatic heterocycles. The van der Waals surface area contributed by atoms with Gasteiger partial charge < -0.3 is 10.5 Å². The van der Waals surface area contributed by atoms with Crippen molar-refractivity contribution in [3.8, 4) is 10.6 Å². The molecule has 1 atom stereocenters. The lowest BCUT2D eigenvalue weighted by molar-refractivity contribution is 0.0382. The van der Waals surface area contributed by atoms with E-state index in [0.717, 1.165) is 68.6 Å². The van der Waals surface area contributed by atoms with Crippen molar-refractivity contribution >= 4 is 17.2 Å². The Morgan fingerprint density at radius 2 is 2.07 bits per heavy atom. The molecule has 3 rings (SSSR count). The molecule has 152 valence electrons. The first-order valence-corrected chi connectivity index (χ1v) is 10.9. The van der Waals surface area contributed by atoms with Crippen LogP contribution in [0, 0.1) is 0 Å². The lowest BCUT2D eigenvalue weighted by atomic mass is 10.1. The maximum absolute atomic E-state index is 11.2. The van der Waals surface area contributed by atoms with Gasteiger partial charge in [-0.3, -0.25) is 14.6 Å². The summed E-state index contributed by atoms with van der Waals surface area (Å²) in [7, 11) is 0. The Hall–Kier alpha value is -1.80. The summed E-state index contributed by atoms with van der Waals surface area (Å²) in [6.45, 7) is 11.0. The zero-order chi connectivity index (χ0) is 19.9. The van der Waals surface area contributed by atoms with E-state index in [4.69, 9.17) is 15.5 Å². The predicted octanol–water partition coefficient (Wildman–Crippen LogP) is 2.84. The molecule has 0 saturated carbocycles. The minimum absolute atomic E-state index is 0.405. The molecule has 2 aromatic rings. The lowest BCUT2D eigenvalue weighted by Gasteiger charge is -2.41. The normalized spacial score (nSPS) is 18.4. The Labute approximate surface area is 171 Å². The molecule has 28 heavy (non-hydrogen) atoms. The summed E-state index contributed by atoms with van der Waals surface area (Å²) in [5, 5.41) is 3.12. The number of carbonyl (C=O) groups is 1. The molecule has 0 aliphatic carbocycles. The fourth-order valence-electron chi connectivity index (χ4n) is 3.63. The molecule has 2 N–H and O–H groups in total. The number of ether oxygens (including phenoxy) is 1. The third kappa shape index (κ3) is 5.38. The van der Waals surface area contributed by atoms with Crippen LogP contribution in [0.2, 0.25) is 0 Å². The van der Waals surface area contributed by atoms with E-state index >= 15 is 0 Å². The number of primary amides is 1. The highest BCUT2D eigenvalue weighted by Crippen LogP contribution is 2.25. The number of nitrogens with two attached hydrogens (primary N) is 1. The van der Waals surface area contributed by atoms with Crippen LogP contribution in [0.4, 0.5) is 0 Å². The molecule has 0 radical (unpaired) electrons. The quantitative estimate of drug-likeness (QED) is 0.653. The summed E-state index contributed by atoms with van der Waals surface area (Å²) in [5.74, 6) is -0.405. The molecule has 1 aliphatic rings. The second-order valence-electron chi connectivity index (χ2n) is 7.12. The Morgan fingerprint density at radius 1 is 1.29 bits per heavy atom. The Bertz CT molecular complexity index is 762. The SMILES string of the molecule is CCOCCN1CCN(Cc2csc(-c3ccc(C(N)=O)cc3)n2)CC1CC. The van der Waals surface area contributed by atoms with Crippen molar-refractivity contribution in [2.45, 2.75) is 32.9 Å². The topological polar surface area (TPSA) is 71.7 Å². The fraction of sp³-hybridized carbons (Fsp3) is 0.524. The van der Waals surface area contributed by atoms with Crippen molar-refractivity contribution in [3.63, 3.8) is 0 Å². The van der Waals surface area contributed by atoms with Gasteiger partial charge in [-0.15, -0.1) is 11.3 Å². The zero-order valence-electron chi connectivity index (χ0n) is 16.8. The number of thiazole rings is 1. The van der Waals surface area contributed by atoms with Gasteiger partial charge in [0, 0.05) is 61.9 Å². The summed E-state index contributed by atoms with van der Waals surface area (Å²) in [5.41, 5.74) is 7.96. The monoisotopic (exact) mass is 402 g/mol. The van der Waals surface area contributed by atoms with Gasteiger partial charge in [0.05, 0.1) is 12.3 Å². The first kappa shape index (κ1) is 20.9. The van der Waals surface area contributed by atoms with Crippen molar-refractivity contribution < 1.29 is 9.53 Å². The number of hydrogen-bond acceptors (Lipinski definition) is 6. The van der Waals surface area contributed by atoms with Crippen LogP contribution < -0.4 is 5.73 Å². The molecule has 7 heteroatoms. The highest BCUT2D eigenvalue weighted by molar-refractivity contribution is 7.13. The first-order valence-electron chi connectivity index (χ1n) is 9.99. The number of rotatable bonds is 9. The average Bonchev–Trinajstić information content (AvgIpc) is 3.17. The van der Waals surface area contributed by atoms with Gasteiger partial charge in [0.2, 0.25) is 5.91 Å². The van der Waals surface area contributed by atoms with E-state index in [-0.39, 0.29) is 0 Å². The predicted molar refractivity (Wildman–Crippen MR) is 113 cm³/mol. The number of piperazine rings is 1. The van der Waals surface area contributed by atoms with E-state index in [9.17, 15) is 4.79 Å². The van der Waals surface area contributed by atoms with E-state index in [2.05, 4.69) is 22.1 Å². The lowest BCUT2D eigenvalue weighted by Crippen LogP contribution is -2.53. The van der Waals surface area contributed by atoms with Gasteiger partial charge in [-0.05, 0) is 25.5 Å². The van der Waals surface area contributed by atoms with E-state index < -0.39 is 5.91 Å². The Balaban J connectivity index is 1.57. The summed E-state index contributed by atoms with van der Waals surface area (Å²) in [4.78, 5) is 21.1. The smallest absolute Gasteiger partial charge is 0.248 e. The van der Waals surface area contributed by atoms with E-state index in [1.807, 2.05) is 19.1 Å². The van der Waals surface area contributed by atoms with Crippen LogP contribution in [0.25, 0.3) is 10.6 Å². The van der Waals surface area contributed by atoms with Crippen LogP contribution in [-0.4, -0.2) is 66.1 Å². The van der Waals surface area contributed by atoms with Gasteiger partial charge in [-0.1, -0.05) is 19.1 Å². The van der Waals surface area contributed by atoms with Gasteiger partial charge in [-0.2, -0.15) is 0 Å². The van der Waals surface area contributed by atoms with Crippen LogP contribution in [0.3, 0.4) is 0 Å². The van der Waals surface area contributed by atoms with Gasteiger partial charge in [0.15, 0.2) is 0 Å². The van der Waals surface area contributed by atoms with Crippen LogP contribution in [0.1, 0.15) is 36.3 Å². The fourth-order valence-corrected chi connectivity index (χ4v) is 4.44. The number of hydrogen-bond donors (Lipinski definition) is 1. The second-order valence-corrected chi connectivity index (χ2v) is 7.97. The van der Waals surface area contributed by atoms with Gasteiger partial charge in [-0.25, -0.2) is 4.98 Å². The number of carbonyl (C=O) groups excluding carboxylic acids is 1. The molecule has 1 aromatic carbocycles. The van der Waals surface area contributed by atoms with Crippen LogP contribution in [0.5, 0.6) is 0 Å². The molecule has 1 unspecified atom stereocenters. The van der Waals surface area contributed by atoms with E-state index in [1.54, 1.807) is 23.5 Å². The molecular weight excluding hydrogens is 372 g/mol. The molecule has 0 spiro atoms. The molecular formula is C21H30N4O2S. The maximum Gasteiger partial charge on any atom is 0.248 e. The minimum Gasteiger partial charge on any atom is -0.380 e. The van der Waals surface area contributed by atoms with Crippen LogP contribution in [0.15, 0.2) is 29.6 Å². The second kappa shape index (κ2) is 10.1. The van der Waals surface area contributed by atoms with E-state index in [0.29, 0.717) is 11.6 Å². The molecule has 1 fully saturated rings. The maximum atomic E-state index is 11.2. The molecule has 1 saturated heterocycles. The van der Waals surface area contributed by atoms with Crippen molar-refractivity contribution in [3.05, 3.63) is 40.9 Å². The van der Waals surface area contributed by atoms with Gasteiger partial charge in [0.25, 0.3) is 0 Å². The molecule has 6 nitrogen and oxygen atoms in total. The van der Waals surface area contributed by atoms with Gasteiger partial charge in [0.1, 0.15) is 5.01 Å². The number of amides is 1. The van der Waals surface area contributed by atoms with Gasteiger partial charge >= 0.3 is 0 Å². The summed E-state index contributed by atoms with van der Waals surface area (Å²) in [6.07, 6.45) is 1.15. The summed E-state index contributed by atoms with van der Waals surface area (Å²) >= 11 is 1.65. The Morgan fingerprint density at radius 3 is 2.75 bits per heavy atom. The third-order valence-corrected chi connectivity index (χ3v) is 6.18. The number of benzene rings is 1. The summed E-state index contributed by atoms with van der Waals surface area (Å²) < 4.78 is 5.53. The zero-order valence-corrected chi connectivity index (χ0v) is 17.6. The Kier molecular flexibility index (Phi) is 7.56. The highest BCUT2D eigenvalue weighted by Gasteiger charge is 2.25. The number of nitrogens with zero attached hydrogens (tertiary/aromatic N) is 3. The summed E-state index contributed by atoms with van der Waals surface area (Å²) in [6, 6.07) is 7.91. The number of aromatic nitrogens is 1. The highest BCUT2D eigenvalue weighted by atomic mass is 32.1. The van der Waals surface area contributed by atoms with Crippen LogP contribution >= 0.6 is 11.3 Å². The third-order valence-electron chi connectivity index (χ3n) is 5.24. The largest absolute Gasteiger partial charge is 0.380 e.